The van der Waals surface area contributed by atoms with E-state index in [0.29, 0.717) is 26.8 Å². The summed E-state index contributed by atoms with van der Waals surface area (Å²) < 4.78 is 7.88. The van der Waals surface area contributed by atoms with Gasteiger partial charge in [0.1, 0.15) is 0 Å². The molecule has 0 unspecified atom stereocenters. The number of ether oxygens (including phenoxy) is 1. The van der Waals surface area contributed by atoms with Gasteiger partial charge in [-0.1, -0.05) is 11.6 Å². The number of hydrogen-bond donors (Lipinski definition) is 2. The molecular formula is C16H17BrClN3O3. The first kappa shape index (κ1) is 16.5. The molecule has 24 heavy (non-hydrogen) atoms. The fourth-order valence-corrected chi connectivity index (χ4v) is 4.08. The van der Waals surface area contributed by atoms with Crippen LogP contribution in [0.2, 0.25) is 5.02 Å². The first-order valence-corrected chi connectivity index (χ1v) is 9.10. The number of rotatable bonds is 2. The molecule has 4 rings (SSSR count). The highest BCUT2D eigenvalue weighted by Gasteiger charge is 2.46. The van der Waals surface area contributed by atoms with Gasteiger partial charge in [-0.3, -0.25) is 9.36 Å². The van der Waals surface area contributed by atoms with Crippen LogP contribution in [0.25, 0.3) is 10.9 Å². The minimum absolute atomic E-state index is 0.000758. The summed E-state index contributed by atoms with van der Waals surface area (Å²) in [6.45, 7) is 0.997. The average Bonchev–Trinajstić information content (AvgIpc) is 2.88. The predicted molar refractivity (Wildman–Crippen MR) is 94.2 cm³/mol. The zero-order chi connectivity index (χ0) is 16.9. The topological polar surface area (TPSA) is 76.4 Å². The van der Waals surface area contributed by atoms with Gasteiger partial charge in [-0.05, 0) is 47.4 Å². The summed E-state index contributed by atoms with van der Waals surface area (Å²) in [6.07, 6.45) is 3.86. The Balaban J connectivity index is 1.66. The van der Waals surface area contributed by atoms with Crippen LogP contribution in [0.5, 0.6) is 0 Å². The molecule has 8 heteroatoms. The van der Waals surface area contributed by atoms with Crippen molar-refractivity contribution in [3.8, 4) is 0 Å². The maximum Gasteiger partial charge on any atom is 0.261 e. The third kappa shape index (κ3) is 2.88. The average molecular weight is 415 g/mol. The highest BCUT2D eigenvalue weighted by atomic mass is 79.9. The highest BCUT2D eigenvalue weighted by molar-refractivity contribution is 9.10. The van der Waals surface area contributed by atoms with Gasteiger partial charge in [-0.15, -0.1) is 0 Å². The number of piperidine rings is 1. The van der Waals surface area contributed by atoms with Gasteiger partial charge in [-0.25, -0.2) is 4.98 Å². The quantitative estimate of drug-likeness (QED) is 0.786. The van der Waals surface area contributed by atoms with Gasteiger partial charge in [0.15, 0.2) is 5.79 Å². The summed E-state index contributed by atoms with van der Waals surface area (Å²) in [6, 6.07) is 3.44. The van der Waals surface area contributed by atoms with E-state index in [4.69, 9.17) is 16.3 Å². The number of aliphatic hydroxyl groups is 1. The molecule has 0 radical (unpaired) electrons. The van der Waals surface area contributed by atoms with Gasteiger partial charge < -0.3 is 15.2 Å². The van der Waals surface area contributed by atoms with Crippen LogP contribution in [0, 0.1) is 0 Å². The maximum absolute atomic E-state index is 12.7. The van der Waals surface area contributed by atoms with E-state index in [2.05, 4.69) is 26.2 Å². The van der Waals surface area contributed by atoms with Gasteiger partial charge in [0.2, 0.25) is 0 Å². The summed E-state index contributed by atoms with van der Waals surface area (Å²) in [7, 11) is 0. The van der Waals surface area contributed by atoms with E-state index in [1.54, 1.807) is 12.1 Å². The molecule has 1 aromatic heterocycles. The number of fused-ring (bicyclic) bond motifs is 2. The van der Waals surface area contributed by atoms with E-state index in [-0.39, 0.29) is 24.2 Å². The molecule has 6 nitrogen and oxygen atoms in total. The molecule has 2 aliphatic heterocycles. The highest BCUT2D eigenvalue weighted by Crippen LogP contribution is 2.34. The van der Waals surface area contributed by atoms with Crippen LogP contribution < -0.4 is 10.9 Å². The summed E-state index contributed by atoms with van der Waals surface area (Å²) in [5.74, 6) is -1.35. The molecule has 0 saturated carbocycles. The third-order valence-electron chi connectivity index (χ3n) is 4.71. The fraction of sp³-hybridized carbons (Fsp3) is 0.500. The van der Waals surface area contributed by atoms with Crippen LogP contribution in [0.3, 0.4) is 0 Å². The van der Waals surface area contributed by atoms with Gasteiger partial charge in [0, 0.05) is 16.9 Å². The second kappa shape index (κ2) is 6.07. The lowest BCUT2D eigenvalue weighted by Crippen LogP contribution is -2.41. The van der Waals surface area contributed by atoms with Crippen molar-refractivity contribution in [1.29, 1.82) is 0 Å². The van der Waals surface area contributed by atoms with E-state index < -0.39 is 5.79 Å². The minimum atomic E-state index is -1.35. The largest absolute Gasteiger partial charge is 0.364 e. The van der Waals surface area contributed by atoms with E-state index in [0.717, 1.165) is 19.4 Å². The Hall–Kier alpha value is -0.990. The standard InChI is InChI=1S/C16H17BrClN3O3/c17-10-4-9-12(5-11(10)18)20-8-21(15(9)22)7-16(23)6-13-14(24-16)2-1-3-19-13/h4-5,8,13-14,19,23H,1-3,6-7H2/t13-,14-,16-/m1/s1. The van der Waals surface area contributed by atoms with Crippen molar-refractivity contribution in [3.63, 3.8) is 0 Å². The van der Waals surface area contributed by atoms with Gasteiger partial charge >= 0.3 is 0 Å². The molecule has 2 saturated heterocycles. The minimum Gasteiger partial charge on any atom is -0.364 e. The molecule has 0 bridgehead atoms. The number of halogens is 2. The third-order valence-corrected chi connectivity index (χ3v) is 5.91. The zero-order valence-corrected chi connectivity index (χ0v) is 15.2. The zero-order valence-electron chi connectivity index (χ0n) is 12.8. The van der Waals surface area contributed by atoms with Crippen molar-refractivity contribution in [3.05, 3.63) is 38.3 Å². The Bertz CT molecular complexity index is 842. The molecule has 1 aromatic carbocycles. The van der Waals surface area contributed by atoms with Crippen LogP contribution in [0.1, 0.15) is 19.3 Å². The van der Waals surface area contributed by atoms with Crippen molar-refractivity contribution in [1.82, 2.24) is 14.9 Å². The van der Waals surface area contributed by atoms with E-state index in [1.165, 1.54) is 10.9 Å². The van der Waals surface area contributed by atoms with Crippen LogP contribution in [-0.2, 0) is 11.3 Å². The number of nitrogens with zero attached hydrogens (tertiary/aromatic N) is 2. The van der Waals surface area contributed by atoms with Crippen LogP contribution in [0.4, 0.5) is 0 Å². The molecule has 3 heterocycles. The molecule has 2 aromatic rings. The van der Waals surface area contributed by atoms with Gasteiger partial charge in [-0.2, -0.15) is 0 Å². The van der Waals surface area contributed by atoms with E-state index >= 15 is 0 Å². The molecule has 2 N–H and O–H groups in total. The summed E-state index contributed by atoms with van der Waals surface area (Å²) in [4.78, 5) is 17.0. The number of benzene rings is 1. The van der Waals surface area contributed by atoms with Crippen molar-refractivity contribution in [2.45, 2.75) is 43.7 Å². The van der Waals surface area contributed by atoms with Gasteiger partial charge in [0.25, 0.3) is 5.56 Å². The smallest absolute Gasteiger partial charge is 0.261 e. The molecule has 128 valence electrons. The normalized spacial score (nSPS) is 29.8. The number of nitrogens with one attached hydrogen (secondary N) is 1. The fourth-order valence-electron chi connectivity index (χ4n) is 3.58. The van der Waals surface area contributed by atoms with Crippen molar-refractivity contribution in [2.75, 3.05) is 6.54 Å². The Morgan fingerprint density at radius 3 is 3.17 bits per heavy atom. The number of aromatic nitrogens is 2. The molecule has 0 spiro atoms. The lowest BCUT2D eigenvalue weighted by atomic mass is 9.99. The van der Waals surface area contributed by atoms with Crippen LogP contribution >= 0.6 is 27.5 Å². The second-order valence-electron chi connectivity index (χ2n) is 6.47. The predicted octanol–water partition coefficient (Wildman–Crippen LogP) is 2.04. The van der Waals surface area contributed by atoms with Crippen LogP contribution in [0.15, 0.2) is 27.7 Å². The van der Waals surface area contributed by atoms with E-state index in [1.807, 2.05) is 0 Å². The van der Waals surface area contributed by atoms with E-state index in [9.17, 15) is 9.90 Å². The summed E-state index contributed by atoms with van der Waals surface area (Å²) >= 11 is 9.37. The van der Waals surface area contributed by atoms with Crippen molar-refractivity contribution < 1.29 is 9.84 Å². The Morgan fingerprint density at radius 2 is 2.38 bits per heavy atom. The van der Waals surface area contributed by atoms with Crippen molar-refractivity contribution in [2.24, 2.45) is 0 Å². The molecule has 2 aliphatic rings. The second-order valence-corrected chi connectivity index (χ2v) is 7.73. The lowest BCUT2D eigenvalue weighted by molar-refractivity contribution is -0.202. The maximum atomic E-state index is 12.7. The van der Waals surface area contributed by atoms with Gasteiger partial charge in [0.05, 0.1) is 34.9 Å². The molecule has 3 atom stereocenters. The Kier molecular flexibility index (Phi) is 4.17. The SMILES string of the molecule is O=c1c2cc(Br)c(Cl)cc2ncn1C[C@@]1(O)C[C@H]2NCCC[C@H]2O1. The first-order valence-electron chi connectivity index (χ1n) is 7.93. The summed E-state index contributed by atoms with van der Waals surface area (Å²) in [5, 5.41) is 15.1. The Labute approximate surface area is 151 Å². The van der Waals surface area contributed by atoms with Crippen molar-refractivity contribution >= 4 is 38.4 Å². The molecule has 0 amide bonds. The number of hydrogen-bond acceptors (Lipinski definition) is 5. The first-order chi connectivity index (χ1) is 11.5. The Morgan fingerprint density at radius 1 is 1.54 bits per heavy atom. The molecular weight excluding hydrogens is 398 g/mol. The lowest BCUT2D eigenvalue weighted by Gasteiger charge is -2.25. The molecule has 0 aliphatic carbocycles. The monoisotopic (exact) mass is 413 g/mol. The van der Waals surface area contributed by atoms with Crippen LogP contribution in [-0.4, -0.2) is 39.1 Å². The molecule has 2 fully saturated rings. The summed E-state index contributed by atoms with van der Waals surface area (Å²) in [5.41, 5.74) is 0.302.